The zero-order chi connectivity index (χ0) is 15.4. The van der Waals surface area contributed by atoms with Crippen LogP contribution >= 0.6 is 0 Å². The van der Waals surface area contributed by atoms with Crippen LogP contribution in [0.5, 0.6) is 0 Å². The fourth-order valence-electron chi connectivity index (χ4n) is 5.56. The van der Waals surface area contributed by atoms with Crippen LogP contribution in [-0.4, -0.2) is 39.2 Å². The minimum Gasteiger partial charge on any atom is -0.478 e. The summed E-state index contributed by atoms with van der Waals surface area (Å²) in [5, 5.41) is 21.2. The summed E-state index contributed by atoms with van der Waals surface area (Å²) in [6.07, 6.45) is 7.66. The van der Waals surface area contributed by atoms with Crippen molar-refractivity contribution in [2.75, 3.05) is 0 Å². The van der Waals surface area contributed by atoms with Crippen LogP contribution in [0.15, 0.2) is 11.3 Å². The van der Waals surface area contributed by atoms with Crippen LogP contribution in [0.3, 0.4) is 0 Å². The van der Waals surface area contributed by atoms with Crippen molar-refractivity contribution in [2.24, 2.45) is 17.8 Å². The summed E-state index contributed by atoms with van der Waals surface area (Å²) in [4.78, 5) is 23.3. The molecule has 0 aromatic carbocycles. The van der Waals surface area contributed by atoms with Gasteiger partial charge in [0.2, 0.25) is 0 Å². The van der Waals surface area contributed by atoms with Gasteiger partial charge in [0.15, 0.2) is 0 Å². The molecule has 6 heteroatoms. The van der Waals surface area contributed by atoms with Gasteiger partial charge in [-0.1, -0.05) is 19.3 Å². The average molecular weight is 306 g/mol. The summed E-state index contributed by atoms with van der Waals surface area (Å²) in [5.41, 5.74) is 2.99. The van der Waals surface area contributed by atoms with Gasteiger partial charge in [-0.15, -0.1) is 0 Å². The summed E-state index contributed by atoms with van der Waals surface area (Å²) >= 11 is 0. The summed E-state index contributed by atoms with van der Waals surface area (Å²) in [6.45, 7) is 0. The van der Waals surface area contributed by atoms with Crippen LogP contribution < -0.4 is 5.43 Å². The van der Waals surface area contributed by atoms with E-state index in [1.807, 2.05) is 0 Å². The standard InChI is InChI=1S/C16H22N2O4/c19-15(20)12-10-6-3-5-9-8-4-1-2-7-11(8)18(14(9)10)17-13(12)16(21)22/h8-11,14,17H,1-7H2,(H,19,20)(H,21,22). The molecule has 0 aromatic heterocycles. The molecule has 2 saturated carbocycles. The zero-order valence-electron chi connectivity index (χ0n) is 12.5. The number of carbonyl (C=O) groups is 2. The van der Waals surface area contributed by atoms with Gasteiger partial charge in [0, 0.05) is 18.0 Å². The van der Waals surface area contributed by atoms with Gasteiger partial charge in [0.25, 0.3) is 0 Å². The normalized spacial score (nSPS) is 40.6. The number of carboxylic acids is 2. The Morgan fingerprint density at radius 1 is 0.955 bits per heavy atom. The number of carboxylic acid groups (broad SMARTS) is 2. The molecule has 22 heavy (non-hydrogen) atoms. The topological polar surface area (TPSA) is 89.9 Å². The van der Waals surface area contributed by atoms with E-state index in [1.54, 1.807) is 0 Å². The van der Waals surface area contributed by atoms with Crippen LogP contribution in [0, 0.1) is 17.8 Å². The maximum Gasteiger partial charge on any atom is 0.353 e. The van der Waals surface area contributed by atoms with Crippen molar-refractivity contribution in [1.29, 1.82) is 0 Å². The lowest BCUT2D eigenvalue weighted by atomic mass is 9.68. The first kappa shape index (κ1) is 14.1. The molecular weight excluding hydrogens is 284 g/mol. The van der Waals surface area contributed by atoms with Gasteiger partial charge in [-0.3, -0.25) is 0 Å². The summed E-state index contributed by atoms with van der Waals surface area (Å²) in [6, 6.07) is 0.532. The van der Waals surface area contributed by atoms with E-state index < -0.39 is 11.9 Å². The molecule has 0 amide bonds. The van der Waals surface area contributed by atoms with Gasteiger partial charge >= 0.3 is 11.9 Å². The highest BCUT2D eigenvalue weighted by atomic mass is 16.4. The quantitative estimate of drug-likeness (QED) is 0.718. The highest BCUT2D eigenvalue weighted by Crippen LogP contribution is 2.53. The van der Waals surface area contributed by atoms with E-state index >= 15 is 0 Å². The highest BCUT2D eigenvalue weighted by Gasteiger charge is 2.57. The molecular formula is C16H22N2O4. The van der Waals surface area contributed by atoms with Crippen LogP contribution in [0.1, 0.15) is 44.9 Å². The third-order valence-electron chi connectivity index (χ3n) is 6.24. The fraction of sp³-hybridized carbons (Fsp3) is 0.750. The smallest absolute Gasteiger partial charge is 0.353 e. The number of rotatable bonds is 2. The number of aliphatic carboxylic acids is 2. The van der Waals surface area contributed by atoms with Crippen LogP contribution in [0.2, 0.25) is 0 Å². The molecule has 0 aromatic rings. The molecule has 120 valence electrons. The molecule has 3 fully saturated rings. The Morgan fingerprint density at radius 3 is 2.41 bits per heavy atom. The lowest BCUT2D eigenvalue weighted by Gasteiger charge is -2.44. The molecule has 4 aliphatic rings. The fourth-order valence-corrected chi connectivity index (χ4v) is 5.56. The lowest BCUT2D eigenvalue weighted by molar-refractivity contribution is -0.139. The van der Waals surface area contributed by atoms with E-state index in [0.29, 0.717) is 17.9 Å². The molecule has 2 heterocycles. The maximum atomic E-state index is 11.7. The van der Waals surface area contributed by atoms with Crippen molar-refractivity contribution in [3.8, 4) is 0 Å². The molecule has 5 unspecified atom stereocenters. The maximum absolute atomic E-state index is 11.7. The number of hydrogen-bond donors (Lipinski definition) is 3. The van der Waals surface area contributed by atoms with Crippen LogP contribution in [0.4, 0.5) is 0 Å². The van der Waals surface area contributed by atoms with E-state index in [4.69, 9.17) is 0 Å². The molecule has 2 aliphatic heterocycles. The molecule has 6 nitrogen and oxygen atoms in total. The molecule has 5 atom stereocenters. The molecule has 4 rings (SSSR count). The molecule has 3 N–H and O–H groups in total. The number of fused-ring (bicyclic) bond motifs is 3. The first-order valence-electron chi connectivity index (χ1n) is 8.35. The number of nitrogens with one attached hydrogen (secondary N) is 1. The largest absolute Gasteiger partial charge is 0.478 e. The van der Waals surface area contributed by atoms with E-state index in [-0.39, 0.29) is 23.2 Å². The number of hydrazine groups is 1. The second-order valence-electron chi connectivity index (χ2n) is 7.13. The van der Waals surface area contributed by atoms with Gasteiger partial charge < -0.3 is 15.6 Å². The molecule has 0 spiro atoms. The Morgan fingerprint density at radius 2 is 1.68 bits per heavy atom. The molecule has 0 bridgehead atoms. The predicted molar refractivity (Wildman–Crippen MR) is 77.6 cm³/mol. The Labute approximate surface area is 129 Å². The second-order valence-corrected chi connectivity index (χ2v) is 7.13. The highest BCUT2D eigenvalue weighted by molar-refractivity contribution is 5.99. The Hall–Kier alpha value is -1.56. The Bertz CT molecular complexity index is 558. The van der Waals surface area contributed by atoms with Crippen molar-refractivity contribution in [2.45, 2.75) is 57.0 Å². The van der Waals surface area contributed by atoms with E-state index in [9.17, 15) is 19.8 Å². The van der Waals surface area contributed by atoms with E-state index in [2.05, 4.69) is 10.4 Å². The van der Waals surface area contributed by atoms with Crippen molar-refractivity contribution >= 4 is 11.9 Å². The van der Waals surface area contributed by atoms with Crippen molar-refractivity contribution in [3.05, 3.63) is 11.3 Å². The second kappa shape index (κ2) is 4.98. The van der Waals surface area contributed by atoms with Gasteiger partial charge in [0.1, 0.15) is 5.70 Å². The van der Waals surface area contributed by atoms with E-state index in [0.717, 1.165) is 25.7 Å². The predicted octanol–water partition coefficient (Wildman–Crippen LogP) is 1.59. The van der Waals surface area contributed by atoms with Gasteiger partial charge in [-0.05, 0) is 37.5 Å². The molecule has 0 radical (unpaired) electrons. The third-order valence-corrected chi connectivity index (χ3v) is 6.24. The van der Waals surface area contributed by atoms with Crippen molar-refractivity contribution < 1.29 is 19.8 Å². The van der Waals surface area contributed by atoms with Crippen LogP contribution in [-0.2, 0) is 9.59 Å². The lowest BCUT2D eigenvalue weighted by Crippen LogP contribution is -2.57. The SMILES string of the molecule is O=C(O)C1=C(C(=O)O)C2CCCC3C4CCCCC4N(N1)C23. The van der Waals surface area contributed by atoms with Crippen molar-refractivity contribution in [1.82, 2.24) is 10.4 Å². The summed E-state index contributed by atoms with van der Waals surface area (Å²) in [7, 11) is 0. The average Bonchev–Trinajstić information content (AvgIpc) is 2.83. The van der Waals surface area contributed by atoms with E-state index in [1.165, 1.54) is 19.3 Å². The number of hydrogen-bond acceptors (Lipinski definition) is 4. The summed E-state index contributed by atoms with van der Waals surface area (Å²) in [5.74, 6) is -1.27. The summed E-state index contributed by atoms with van der Waals surface area (Å²) < 4.78 is 0. The minimum absolute atomic E-state index is 0.0945. The van der Waals surface area contributed by atoms with Crippen LogP contribution in [0.25, 0.3) is 0 Å². The minimum atomic E-state index is -1.16. The van der Waals surface area contributed by atoms with Gasteiger partial charge in [-0.25, -0.2) is 14.6 Å². The van der Waals surface area contributed by atoms with Gasteiger partial charge in [0.05, 0.1) is 5.57 Å². The first-order valence-corrected chi connectivity index (χ1v) is 8.35. The van der Waals surface area contributed by atoms with Crippen molar-refractivity contribution in [3.63, 3.8) is 0 Å². The Balaban J connectivity index is 1.79. The first-order chi connectivity index (χ1) is 10.6. The molecule has 1 saturated heterocycles. The molecule has 2 aliphatic carbocycles. The number of nitrogens with zero attached hydrogens (tertiary/aromatic N) is 1. The third kappa shape index (κ3) is 1.82. The Kier molecular flexibility index (Phi) is 3.18. The zero-order valence-corrected chi connectivity index (χ0v) is 12.5. The van der Waals surface area contributed by atoms with Gasteiger partial charge in [-0.2, -0.15) is 0 Å². The monoisotopic (exact) mass is 306 g/mol.